The molecular formula is C21H25F2IN4O3Si. The van der Waals surface area contributed by atoms with Crippen LogP contribution < -0.4 is 5.32 Å². The summed E-state index contributed by atoms with van der Waals surface area (Å²) in [5.74, 6) is -1.58. The van der Waals surface area contributed by atoms with E-state index in [4.69, 9.17) is 9.47 Å². The lowest BCUT2D eigenvalue weighted by atomic mass is 10.1. The lowest BCUT2D eigenvalue weighted by molar-refractivity contribution is 0.0814. The zero-order chi connectivity index (χ0) is 23.5. The molecule has 0 fully saturated rings. The van der Waals surface area contributed by atoms with Crippen LogP contribution in [0.2, 0.25) is 25.7 Å². The number of carbonyl (C=O) groups is 1. The molecule has 3 aromatic rings. The second-order valence-corrected chi connectivity index (χ2v) is 15.1. The van der Waals surface area contributed by atoms with Gasteiger partial charge >= 0.3 is 6.09 Å². The normalized spacial score (nSPS) is 11.7. The van der Waals surface area contributed by atoms with Gasteiger partial charge in [0.05, 0.1) is 23.0 Å². The average molecular weight is 574 g/mol. The van der Waals surface area contributed by atoms with Crippen LogP contribution in [0, 0.1) is 15.3 Å². The van der Waals surface area contributed by atoms with Crippen molar-refractivity contribution in [3.8, 4) is 11.3 Å². The molecule has 11 heteroatoms. The number of halogens is 3. The van der Waals surface area contributed by atoms with E-state index in [9.17, 15) is 13.6 Å². The average Bonchev–Trinajstić information content (AvgIpc) is 3.03. The van der Waals surface area contributed by atoms with Gasteiger partial charge in [0, 0.05) is 27.1 Å². The van der Waals surface area contributed by atoms with Gasteiger partial charge in [-0.1, -0.05) is 19.6 Å². The Morgan fingerprint density at radius 3 is 2.53 bits per heavy atom. The fourth-order valence-electron chi connectivity index (χ4n) is 2.97. The molecule has 0 saturated heterocycles. The number of nitrogens with one attached hydrogen (secondary N) is 1. The minimum Gasteiger partial charge on any atom is -0.445 e. The lowest BCUT2D eigenvalue weighted by Gasteiger charge is -2.15. The first-order valence-electron chi connectivity index (χ1n) is 10.0. The number of aromatic nitrogens is 3. The van der Waals surface area contributed by atoms with Crippen LogP contribution in [0.5, 0.6) is 0 Å². The van der Waals surface area contributed by atoms with Crippen molar-refractivity contribution in [3.05, 3.63) is 45.3 Å². The van der Waals surface area contributed by atoms with Gasteiger partial charge in [-0.05, 0) is 52.4 Å². The Kier molecular flexibility index (Phi) is 7.82. The summed E-state index contributed by atoms with van der Waals surface area (Å²) in [5, 5.41) is 7.48. The Labute approximate surface area is 199 Å². The number of benzene rings is 1. The van der Waals surface area contributed by atoms with Gasteiger partial charge in [0.2, 0.25) is 0 Å². The van der Waals surface area contributed by atoms with Crippen molar-refractivity contribution in [1.29, 1.82) is 0 Å². The second kappa shape index (κ2) is 10.2. The Bertz CT molecular complexity index is 1110. The highest BCUT2D eigenvalue weighted by Gasteiger charge is 2.18. The molecule has 0 unspecified atom stereocenters. The van der Waals surface area contributed by atoms with Gasteiger partial charge in [-0.25, -0.2) is 18.3 Å². The molecule has 3 rings (SSSR count). The minimum absolute atomic E-state index is 0.156. The maximum Gasteiger partial charge on any atom is 0.407 e. The number of amides is 1. The molecule has 32 heavy (non-hydrogen) atoms. The highest BCUT2D eigenvalue weighted by molar-refractivity contribution is 14.1. The number of hydrogen-bond acceptors (Lipinski definition) is 5. The number of rotatable bonds is 8. The number of hydrogen-bond donors (Lipinski definition) is 1. The van der Waals surface area contributed by atoms with Crippen LogP contribution in [-0.2, 0) is 22.8 Å². The molecule has 1 amide bonds. The van der Waals surface area contributed by atoms with Gasteiger partial charge in [-0.15, -0.1) is 0 Å². The Hall–Kier alpha value is -2.12. The first kappa shape index (κ1) is 24.5. The quantitative estimate of drug-likeness (QED) is 0.229. The molecular weight excluding hydrogens is 549 g/mol. The topological polar surface area (TPSA) is 78.3 Å². The number of pyridine rings is 1. The van der Waals surface area contributed by atoms with Gasteiger partial charge in [-0.3, -0.25) is 4.98 Å². The molecule has 7 nitrogen and oxygen atoms in total. The van der Waals surface area contributed by atoms with Gasteiger partial charge < -0.3 is 14.8 Å². The summed E-state index contributed by atoms with van der Waals surface area (Å²) in [7, 11) is 0.216. The van der Waals surface area contributed by atoms with Crippen LogP contribution in [-0.4, -0.2) is 42.6 Å². The van der Waals surface area contributed by atoms with Crippen LogP contribution in [0.1, 0.15) is 5.56 Å². The van der Waals surface area contributed by atoms with Crippen LogP contribution in [0.15, 0.2) is 24.4 Å². The summed E-state index contributed by atoms with van der Waals surface area (Å²) in [6, 6.07) is 4.93. The van der Waals surface area contributed by atoms with E-state index in [1.165, 1.54) is 7.05 Å². The molecule has 172 valence electrons. The van der Waals surface area contributed by atoms with Crippen molar-refractivity contribution in [2.75, 3.05) is 13.7 Å². The summed E-state index contributed by atoms with van der Waals surface area (Å²) in [6.45, 7) is 7.55. The summed E-state index contributed by atoms with van der Waals surface area (Å²) >= 11 is 2.08. The van der Waals surface area contributed by atoms with E-state index >= 15 is 0 Å². The zero-order valence-electron chi connectivity index (χ0n) is 18.3. The third-order valence-corrected chi connectivity index (χ3v) is 7.23. The van der Waals surface area contributed by atoms with E-state index in [2.05, 4.69) is 57.6 Å². The largest absolute Gasteiger partial charge is 0.445 e. The summed E-state index contributed by atoms with van der Waals surface area (Å²) < 4.78 is 42.5. The molecule has 1 aromatic carbocycles. The van der Waals surface area contributed by atoms with Crippen LogP contribution in [0.4, 0.5) is 13.6 Å². The summed E-state index contributed by atoms with van der Waals surface area (Å²) in [5.41, 5.74) is 0.836. The Balaban J connectivity index is 1.83. The lowest BCUT2D eigenvalue weighted by Crippen LogP contribution is -2.22. The first-order chi connectivity index (χ1) is 15.1. The van der Waals surface area contributed by atoms with Crippen molar-refractivity contribution < 1.29 is 23.0 Å². The minimum atomic E-state index is -1.18. The van der Waals surface area contributed by atoms with Crippen molar-refractivity contribution in [2.24, 2.45) is 0 Å². The number of alkyl carbamates (subject to hydrolysis) is 1. The molecule has 0 aliphatic carbocycles. The standard InChI is InChI=1S/C21H25F2IN4O3Si/c1-25-21(29)31-11-13-7-15(22)19(16(23)8-13)17-9-14-18(10-26-17)28(27-20(14)24)12-30-5-6-32(2,3)4/h7-10H,5-6,11-12H2,1-4H3,(H,25,29). The fourth-order valence-corrected chi connectivity index (χ4v) is 4.42. The van der Waals surface area contributed by atoms with E-state index in [1.807, 2.05) is 0 Å². The third kappa shape index (κ3) is 6.01. The predicted molar refractivity (Wildman–Crippen MR) is 129 cm³/mol. The first-order valence-corrected chi connectivity index (χ1v) is 14.8. The molecule has 0 bridgehead atoms. The second-order valence-electron chi connectivity index (χ2n) is 8.49. The van der Waals surface area contributed by atoms with Gasteiger partial charge in [0.1, 0.15) is 28.7 Å². The maximum absolute atomic E-state index is 14.7. The van der Waals surface area contributed by atoms with Crippen molar-refractivity contribution in [1.82, 2.24) is 20.1 Å². The van der Waals surface area contributed by atoms with E-state index in [1.54, 1.807) is 16.9 Å². The highest BCUT2D eigenvalue weighted by atomic mass is 127. The molecule has 0 spiro atoms. The number of nitrogens with zero attached hydrogens (tertiary/aromatic N) is 3. The SMILES string of the molecule is CNC(=O)OCc1cc(F)c(-c2cc3c(I)nn(COCC[Si](C)(C)C)c3cn2)c(F)c1. The van der Waals surface area contributed by atoms with E-state index < -0.39 is 25.8 Å². The number of ether oxygens (including phenoxy) is 2. The highest BCUT2D eigenvalue weighted by Crippen LogP contribution is 2.30. The molecule has 0 radical (unpaired) electrons. The van der Waals surface area contributed by atoms with E-state index in [0.717, 1.165) is 29.1 Å². The molecule has 0 atom stereocenters. The van der Waals surface area contributed by atoms with E-state index in [0.29, 0.717) is 10.3 Å². The molecule has 2 aromatic heterocycles. The van der Waals surface area contributed by atoms with Crippen molar-refractivity contribution in [2.45, 2.75) is 39.0 Å². The van der Waals surface area contributed by atoms with Gasteiger partial charge in [0.15, 0.2) is 0 Å². The molecule has 0 aliphatic rings. The monoisotopic (exact) mass is 574 g/mol. The number of fused-ring (bicyclic) bond motifs is 1. The smallest absolute Gasteiger partial charge is 0.407 e. The fraction of sp³-hybridized carbons (Fsp3) is 0.381. The predicted octanol–water partition coefficient (Wildman–Crippen LogP) is 5.15. The van der Waals surface area contributed by atoms with Crippen LogP contribution in [0.25, 0.3) is 22.2 Å². The Morgan fingerprint density at radius 2 is 1.91 bits per heavy atom. The summed E-state index contributed by atoms with van der Waals surface area (Å²) in [6.07, 6.45) is 0.862. The maximum atomic E-state index is 14.7. The van der Waals surface area contributed by atoms with Crippen molar-refractivity contribution in [3.63, 3.8) is 0 Å². The Morgan fingerprint density at radius 1 is 1.22 bits per heavy atom. The molecule has 2 heterocycles. The third-order valence-electron chi connectivity index (χ3n) is 4.73. The number of carbonyl (C=O) groups excluding carboxylic acids is 1. The van der Waals surface area contributed by atoms with Gasteiger partial charge in [0.25, 0.3) is 0 Å². The van der Waals surface area contributed by atoms with E-state index in [-0.39, 0.29) is 30.2 Å². The molecule has 0 saturated carbocycles. The summed E-state index contributed by atoms with van der Waals surface area (Å²) in [4.78, 5) is 15.5. The van der Waals surface area contributed by atoms with Gasteiger partial charge in [-0.2, -0.15) is 5.10 Å². The zero-order valence-corrected chi connectivity index (χ0v) is 21.5. The molecule has 0 aliphatic heterocycles. The van der Waals surface area contributed by atoms with Crippen LogP contribution in [0.3, 0.4) is 0 Å². The molecule has 1 N–H and O–H groups in total. The van der Waals surface area contributed by atoms with Crippen LogP contribution >= 0.6 is 22.6 Å². The van der Waals surface area contributed by atoms with Crippen molar-refractivity contribution >= 4 is 47.7 Å².